The summed E-state index contributed by atoms with van der Waals surface area (Å²) < 4.78 is 5.48. The van der Waals surface area contributed by atoms with Crippen LogP contribution in [-0.4, -0.2) is 57.7 Å². The fourth-order valence-corrected chi connectivity index (χ4v) is 4.06. The normalized spacial score (nSPS) is 11.2. The topological polar surface area (TPSA) is 65.6 Å². The van der Waals surface area contributed by atoms with Crippen molar-refractivity contribution in [2.24, 2.45) is 0 Å². The van der Waals surface area contributed by atoms with Crippen LogP contribution in [0.5, 0.6) is 5.75 Å². The second kappa shape index (κ2) is 11.4. The number of methoxy groups -OCH3 is 1. The van der Waals surface area contributed by atoms with E-state index in [0.717, 1.165) is 22.0 Å². The maximum absolute atomic E-state index is 13.4. The van der Waals surface area contributed by atoms with Crippen LogP contribution in [0.15, 0.2) is 54.7 Å². The first-order chi connectivity index (χ1) is 15.8. The summed E-state index contributed by atoms with van der Waals surface area (Å²) in [5.74, 6) is 0.0492. The lowest BCUT2D eigenvalue weighted by Gasteiger charge is -2.30. The number of ether oxygens (including phenoxy) is 1. The number of nitrogens with zero attached hydrogens (tertiary/aromatic N) is 2. The molecule has 33 heavy (non-hydrogen) atoms. The first-order valence-corrected chi connectivity index (χ1v) is 11.7. The summed E-state index contributed by atoms with van der Waals surface area (Å²) in [6.45, 7) is 4.39. The van der Waals surface area contributed by atoms with Crippen LogP contribution in [0, 0.1) is 0 Å². The minimum absolute atomic E-state index is 0.102. The highest BCUT2D eigenvalue weighted by Crippen LogP contribution is 2.22. The number of H-pyrrole nitrogens is 1. The van der Waals surface area contributed by atoms with E-state index < -0.39 is 10.7 Å². The number of benzene rings is 2. The van der Waals surface area contributed by atoms with Gasteiger partial charge in [-0.3, -0.25) is 9.59 Å². The van der Waals surface area contributed by atoms with Crippen LogP contribution in [0.1, 0.15) is 25.0 Å². The van der Waals surface area contributed by atoms with Gasteiger partial charge in [-0.1, -0.05) is 59.6 Å². The van der Waals surface area contributed by atoms with Crippen molar-refractivity contribution in [1.29, 1.82) is 0 Å². The van der Waals surface area contributed by atoms with E-state index in [4.69, 9.17) is 27.9 Å². The van der Waals surface area contributed by atoms with Crippen LogP contribution < -0.4 is 4.74 Å². The molecular formula is C25H29Cl2N3O3. The summed E-state index contributed by atoms with van der Waals surface area (Å²) in [7, 11) is 1.61. The third-order valence-electron chi connectivity index (χ3n) is 5.63. The molecule has 3 aromatic rings. The first-order valence-electron chi connectivity index (χ1n) is 10.8. The highest BCUT2D eigenvalue weighted by atomic mass is 35.5. The van der Waals surface area contributed by atoms with Crippen LogP contribution in [-0.2, 0) is 22.6 Å². The molecule has 0 spiro atoms. The van der Waals surface area contributed by atoms with Gasteiger partial charge in [0.15, 0.2) is 4.84 Å². The lowest BCUT2D eigenvalue weighted by atomic mass is 10.1. The van der Waals surface area contributed by atoms with Crippen LogP contribution in [0.4, 0.5) is 0 Å². The fraction of sp³-hybridized carbons (Fsp3) is 0.360. The first kappa shape index (κ1) is 24.9. The van der Waals surface area contributed by atoms with E-state index in [1.165, 1.54) is 4.90 Å². The van der Waals surface area contributed by atoms with Gasteiger partial charge < -0.3 is 19.5 Å². The Morgan fingerprint density at radius 1 is 1.03 bits per heavy atom. The smallest absolute Gasteiger partial charge is 0.256 e. The Balaban J connectivity index is 1.83. The van der Waals surface area contributed by atoms with Crippen molar-refractivity contribution in [3.05, 3.63) is 65.9 Å². The summed E-state index contributed by atoms with van der Waals surface area (Å²) in [5.41, 5.74) is 3.08. The number of para-hydroxylation sites is 2. The molecule has 0 aliphatic carbocycles. The molecule has 0 unspecified atom stereocenters. The number of amides is 2. The fourth-order valence-electron chi connectivity index (χ4n) is 3.81. The third-order valence-corrected chi connectivity index (χ3v) is 6.00. The Labute approximate surface area is 204 Å². The molecule has 2 amide bonds. The Morgan fingerprint density at radius 2 is 1.73 bits per heavy atom. The van der Waals surface area contributed by atoms with Crippen molar-refractivity contribution in [1.82, 2.24) is 14.8 Å². The molecule has 8 heteroatoms. The molecule has 0 radical (unpaired) electrons. The number of carbonyl (C=O) groups excluding carboxylic acids is 2. The molecule has 0 aliphatic rings. The summed E-state index contributed by atoms with van der Waals surface area (Å²) >= 11 is 11.6. The van der Waals surface area contributed by atoms with Crippen molar-refractivity contribution >= 4 is 45.9 Å². The van der Waals surface area contributed by atoms with Gasteiger partial charge in [-0.05, 0) is 38.0 Å². The van der Waals surface area contributed by atoms with E-state index in [1.54, 1.807) is 12.0 Å². The standard InChI is InChI=1S/C25H29Cl2N3O3/c1-17(2)30(25(32)24(26)27)16-23(31)29(15-19-8-4-7-11-22(19)33-3)13-12-18-14-28-21-10-6-5-9-20(18)21/h4-11,14,17,24,28H,12-13,15-16H2,1-3H3. The van der Waals surface area contributed by atoms with Crippen molar-refractivity contribution < 1.29 is 14.3 Å². The minimum atomic E-state index is -1.21. The van der Waals surface area contributed by atoms with Crippen molar-refractivity contribution in [3.8, 4) is 5.75 Å². The maximum atomic E-state index is 13.4. The highest BCUT2D eigenvalue weighted by Gasteiger charge is 2.27. The van der Waals surface area contributed by atoms with Crippen LogP contribution in [0.25, 0.3) is 10.9 Å². The molecule has 2 aromatic carbocycles. The number of aromatic nitrogens is 1. The zero-order valence-corrected chi connectivity index (χ0v) is 20.6. The Bertz CT molecular complexity index is 1100. The number of nitrogens with one attached hydrogen (secondary N) is 1. The summed E-state index contributed by atoms with van der Waals surface area (Å²) in [5, 5.41) is 1.13. The molecular weight excluding hydrogens is 461 g/mol. The molecule has 0 bridgehead atoms. The Morgan fingerprint density at radius 3 is 2.42 bits per heavy atom. The predicted molar refractivity (Wildman–Crippen MR) is 133 cm³/mol. The minimum Gasteiger partial charge on any atom is -0.496 e. The van der Waals surface area contributed by atoms with E-state index in [-0.39, 0.29) is 18.5 Å². The molecule has 1 N–H and O–H groups in total. The second-order valence-corrected chi connectivity index (χ2v) is 9.19. The van der Waals surface area contributed by atoms with Gasteiger partial charge in [0.25, 0.3) is 5.91 Å². The predicted octanol–water partition coefficient (Wildman–Crippen LogP) is 4.79. The summed E-state index contributed by atoms with van der Waals surface area (Å²) in [4.78, 5) is 31.1. The van der Waals surface area contributed by atoms with Gasteiger partial charge in [0.1, 0.15) is 12.3 Å². The number of hydrogen-bond donors (Lipinski definition) is 1. The molecule has 0 aliphatic heterocycles. The van der Waals surface area contributed by atoms with Crippen LogP contribution in [0.2, 0.25) is 0 Å². The lowest BCUT2D eigenvalue weighted by Crippen LogP contribution is -2.47. The monoisotopic (exact) mass is 489 g/mol. The van der Waals surface area contributed by atoms with E-state index in [1.807, 2.05) is 62.5 Å². The molecule has 0 saturated carbocycles. The van der Waals surface area contributed by atoms with Gasteiger partial charge in [0, 0.05) is 41.8 Å². The number of alkyl halides is 2. The SMILES string of the molecule is COc1ccccc1CN(CCc1c[nH]c2ccccc12)C(=O)CN(C(=O)C(Cl)Cl)C(C)C. The second-order valence-electron chi connectivity index (χ2n) is 8.10. The number of carbonyl (C=O) groups is 2. The number of aromatic amines is 1. The molecule has 0 fully saturated rings. The average Bonchev–Trinajstić information content (AvgIpc) is 3.22. The zero-order chi connectivity index (χ0) is 24.0. The van der Waals surface area contributed by atoms with Crippen molar-refractivity contribution in [3.63, 3.8) is 0 Å². The zero-order valence-electron chi connectivity index (χ0n) is 19.1. The quantitative estimate of drug-likeness (QED) is 0.416. The van der Waals surface area contributed by atoms with E-state index in [2.05, 4.69) is 11.1 Å². The molecule has 176 valence electrons. The number of fused-ring (bicyclic) bond motifs is 1. The van der Waals surface area contributed by atoms with Gasteiger partial charge in [-0.25, -0.2) is 0 Å². The van der Waals surface area contributed by atoms with Gasteiger partial charge in [0.2, 0.25) is 5.91 Å². The van der Waals surface area contributed by atoms with Gasteiger partial charge >= 0.3 is 0 Å². The highest BCUT2D eigenvalue weighted by molar-refractivity contribution is 6.53. The summed E-state index contributed by atoms with van der Waals surface area (Å²) in [6.07, 6.45) is 2.64. The number of hydrogen-bond acceptors (Lipinski definition) is 3. The Kier molecular flexibility index (Phi) is 8.64. The van der Waals surface area contributed by atoms with Gasteiger partial charge in [-0.2, -0.15) is 0 Å². The molecule has 6 nitrogen and oxygen atoms in total. The molecule has 3 rings (SSSR count). The van der Waals surface area contributed by atoms with Crippen molar-refractivity contribution in [2.45, 2.75) is 37.7 Å². The average molecular weight is 490 g/mol. The molecule has 1 heterocycles. The van der Waals surface area contributed by atoms with Gasteiger partial charge in [-0.15, -0.1) is 0 Å². The summed E-state index contributed by atoms with van der Waals surface area (Å²) in [6, 6.07) is 15.5. The van der Waals surface area contributed by atoms with E-state index in [9.17, 15) is 9.59 Å². The molecule has 0 atom stereocenters. The van der Waals surface area contributed by atoms with Crippen LogP contribution >= 0.6 is 23.2 Å². The largest absolute Gasteiger partial charge is 0.496 e. The van der Waals surface area contributed by atoms with Crippen LogP contribution in [0.3, 0.4) is 0 Å². The van der Waals surface area contributed by atoms with E-state index >= 15 is 0 Å². The van der Waals surface area contributed by atoms with Gasteiger partial charge in [0.05, 0.1) is 7.11 Å². The number of rotatable bonds is 10. The molecule has 0 saturated heterocycles. The third kappa shape index (κ3) is 6.21. The lowest BCUT2D eigenvalue weighted by molar-refractivity contribution is -0.141. The number of halogens is 2. The molecule has 1 aromatic heterocycles. The maximum Gasteiger partial charge on any atom is 0.256 e. The van der Waals surface area contributed by atoms with Crippen molar-refractivity contribution in [2.75, 3.05) is 20.2 Å². The van der Waals surface area contributed by atoms with E-state index in [0.29, 0.717) is 25.3 Å². The Hall–Kier alpha value is -2.70.